The molecule has 0 bridgehead atoms. The van der Waals surface area contributed by atoms with Gasteiger partial charge in [-0.15, -0.1) is 0 Å². The Balaban J connectivity index is 4.83. The molecule has 1 unspecified atom stereocenters. The highest BCUT2D eigenvalue weighted by atomic mass is 14.3. The van der Waals surface area contributed by atoms with Gasteiger partial charge >= 0.3 is 0 Å². The zero-order valence-corrected chi connectivity index (χ0v) is 10.0. The largest absolute Gasteiger partial charge is 0.197 e. The van der Waals surface area contributed by atoms with Crippen molar-refractivity contribution < 1.29 is 0 Å². The third-order valence-corrected chi connectivity index (χ3v) is 2.29. The van der Waals surface area contributed by atoms with Gasteiger partial charge in [0.1, 0.15) is 0 Å². The molecule has 0 aliphatic rings. The van der Waals surface area contributed by atoms with Gasteiger partial charge in [-0.3, -0.25) is 0 Å². The molecule has 0 amide bonds. The van der Waals surface area contributed by atoms with E-state index in [2.05, 4.69) is 39.0 Å². The van der Waals surface area contributed by atoms with Gasteiger partial charge in [0.05, 0.1) is 11.5 Å². The molecule has 14 heavy (non-hydrogen) atoms. The number of nitrogens with zero attached hydrogens (tertiary/aromatic N) is 1. The predicted molar refractivity (Wildman–Crippen MR) is 61.8 cm³/mol. The highest BCUT2D eigenvalue weighted by Gasteiger charge is 2.23. The lowest BCUT2D eigenvalue weighted by atomic mass is 9.81. The van der Waals surface area contributed by atoms with Crippen molar-refractivity contribution in [2.24, 2.45) is 5.41 Å². The SMILES string of the molecule is CCC(C#N)(C=C(C)C)CC=C(C)C. The number of hydrogen-bond acceptors (Lipinski definition) is 1. The lowest BCUT2D eigenvalue weighted by Gasteiger charge is -2.20. The number of nitriles is 1. The molecule has 0 N–H and O–H groups in total. The van der Waals surface area contributed by atoms with E-state index in [1.165, 1.54) is 11.1 Å². The molecule has 1 nitrogen and oxygen atoms in total. The third kappa shape index (κ3) is 4.28. The second kappa shape index (κ2) is 5.65. The first-order chi connectivity index (χ1) is 6.45. The Kier molecular flexibility index (Phi) is 5.23. The van der Waals surface area contributed by atoms with E-state index in [4.69, 9.17) is 0 Å². The lowest BCUT2D eigenvalue weighted by Crippen LogP contribution is -2.13. The molecular weight excluding hydrogens is 170 g/mol. The van der Waals surface area contributed by atoms with E-state index in [0.29, 0.717) is 0 Å². The van der Waals surface area contributed by atoms with Crippen LogP contribution >= 0.6 is 0 Å². The van der Waals surface area contributed by atoms with E-state index >= 15 is 0 Å². The molecule has 0 spiro atoms. The Morgan fingerprint density at radius 3 is 2.07 bits per heavy atom. The van der Waals surface area contributed by atoms with Crippen molar-refractivity contribution >= 4 is 0 Å². The summed E-state index contributed by atoms with van der Waals surface area (Å²) in [5, 5.41) is 9.21. The average molecular weight is 191 g/mol. The Morgan fingerprint density at radius 1 is 1.21 bits per heavy atom. The van der Waals surface area contributed by atoms with Gasteiger partial charge in [-0.05, 0) is 40.5 Å². The highest BCUT2D eigenvalue weighted by Crippen LogP contribution is 2.29. The molecule has 0 aliphatic carbocycles. The lowest BCUT2D eigenvalue weighted by molar-refractivity contribution is 0.491. The first kappa shape index (κ1) is 13.0. The van der Waals surface area contributed by atoms with Crippen LogP contribution in [0, 0.1) is 16.7 Å². The summed E-state index contributed by atoms with van der Waals surface area (Å²) in [4.78, 5) is 0. The predicted octanol–water partition coefficient (Wildman–Crippen LogP) is 4.23. The van der Waals surface area contributed by atoms with E-state index < -0.39 is 0 Å². The van der Waals surface area contributed by atoms with Crippen molar-refractivity contribution in [1.82, 2.24) is 0 Å². The molecule has 78 valence electrons. The Hall–Kier alpha value is -1.03. The second-order valence-corrected chi connectivity index (χ2v) is 4.33. The summed E-state index contributed by atoms with van der Waals surface area (Å²) in [6.07, 6.45) is 5.94. The smallest absolute Gasteiger partial charge is 0.0787 e. The maximum absolute atomic E-state index is 9.21. The zero-order valence-electron chi connectivity index (χ0n) is 10.0. The molecule has 0 aromatic heterocycles. The van der Waals surface area contributed by atoms with Crippen LogP contribution in [0.3, 0.4) is 0 Å². The van der Waals surface area contributed by atoms with E-state index in [0.717, 1.165) is 12.8 Å². The van der Waals surface area contributed by atoms with Crippen molar-refractivity contribution in [3.05, 3.63) is 23.3 Å². The summed E-state index contributed by atoms with van der Waals surface area (Å²) in [7, 11) is 0. The topological polar surface area (TPSA) is 23.8 Å². The molecule has 0 saturated heterocycles. The molecule has 0 aliphatic heterocycles. The maximum atomic E-state index is 9.21. The molecule has 0 rings (SSSR count). The van der Waals surface area contributed by atoms with Crippen molar-refractivity contribution in [1.29, 1.82) is 5.26 Å². The minimum atomic E-state index is -0.296. The van der Waals surface area contributed by atoms with Crippen LogP contribution in [0.1, 0.15) is 47.5 Å². The molecule has 1 atom stereocenters. The summed E-state index contributed by atoms with van der Waals surface area (Å²) in [6, 6.07) is 2.43. The van der Waals surface area contributed by atoms with Crippen LogP contribution < -0.4 is 0 Å². The van der Waals surface area contributed by atoms with E-state index in [-0.39, 0.29) is 5.41 Å². The standard InChI is InChI=1S/C13H21N/c1-6-13(10-14,9-12(4)5)8-7-11(2)3/h7,9H,6,8H2,1-5H3. The summed E-state index contributed by atoms with van der Waals surface area (Å²) >= 11 is 0. The fourth-order valence-electron chi connectivity index (χ4n) is 1.40. The quantitative estimate of drug-likeness (QED) is 0.610. The highest BCUT2D eigenvalue weighted by molar-refractivity contribution is 5.18. The van der Waals surface area contributed by atoms with Crippen LogP contribution in [0.5, 0.6) is 0 Å². The summed E-state index contributed by atoms with van der Waals surface area (Å²) < 4.78 is 0. The van der Waals surface area contributed by atoms with Crippen LogP contribution in [-0.2, 0) is 0 Å². The van der Waals surface area contributed by atoms with Crippen molar-refractivity contribution in [3.8, 4) is 6.07 Å². The third-order valence-electron chi connectivity index (χ3n) is 2.29. The molecule has 0 saturated carbocycles. The van der Waals surface area contributed by atoms with Crippen LogP contribution in [0.15, 0.2) is 23.3 Å². The molecule has 0 heterocycles. The Labute approximate surface area is 88.1 Å². The fourth-order valence-corrected chi connectivity index (χ4v) is 1.40. The van der Waals surface area contributed by atoms with Crippen LogP contribution in [0.2, 0.25) is 0 Å². The molecule has 0 radical (unpaired) electrons. The first-order valence-corrected chi connectivity index (χ1v) is 5.16. The van der Waals surface area contributed by atoms with Crippen molar-refractivity contribution in [2.45, 2.75) is 47.5 Å². The van der Waals surface area contributed by atoms with Crippen molar-refractivity contribution in [2.75, 3.05) is 0 Å². The minimum Gasteiger partial charge on any atom is -0.197 e. The molecule has 0 aromatic rings. The first-order valence-electron chi connectivity index (χ1n) is 5.16. The number of rotatable bonds is 4. The maximum Gasteiger partial charge on any atom is 0.0787 e. The fraction of sp³-hybridized carbons (Fsp3) is 0.615. The summed E-state index contributed by atoms with van der Waals surface area (Å²) in [5.41, 5.74) is 2.20. The van der Waals surface area contributed by atoms with Gasteiger partial charge in [0.15, 0.2) is 0 Å². The van der Waals surface area contributed by atoms with E-state index in [1.54, 1.807) is 0 Å². The van der Waals surface area contributed by atoms with Gasteiger partial charge in [-0.25, -0.2) is 0 Å². The van der Waals surface area contributed by atoms with Gasteiger partial charge in [0.25, 0.3) is 0 Å². The van der Waals surface area contributed by atoms with E-state index in [1.807, 2.05) is 13.8 Å². The molecular formula is C13H21N. The average Bonchev–Trinajstić information content (AvgIpc) is 2.11. The van der Waals surface area contributed by atoms with Crippen LogP contribution in [-0.4, -0.2) is 0 Å². The normalized spacial score (nSPS) is 13.7. The van der Waals surface area contributed by atoms with E-state index in [9.17, 15) is 5.26 Å². The molecule has 0 aromatic carbocycles. The number of hydrogen-bond donors (Lipinski definition) is 0. The van der Waals surface area contributed by atoms with Gasteiger partial charge in [0, 0.05) is 0 Å². The van der Waals surface area contributed by atoms with Gasteiger partial charge in [0.2, 0.25) is 0 Å². The molecule has 0 fully saturated rings. The monoisotopic (exact) mass is 191 g/mol. The number of allylic oxidation sites excluding steroid dienone is 4. The summed E-state index contributed by atoms with van der Waals surface area (Å²) in [6.45, 7) is 10.3. The van der Waals surface area contributed by atoms with Crippen molar-refractivity contribution in [3.63, 3.8) is 0 Å². The van der Waals surface area contributed by atoms with Gasteiger partial charge in [-0.2, -0.15) is 5.26 Å². The summed E-state index contributed by atoms with van der Waals surface area (Å²) in [5.74, 6) is 0. The second-order valence-electron chi connectivity index (χ2n) is 4.33. The van der Waals surface area contributed by atoms with Crippen LogP contribution in [0.4, 0.5) is 0 Å². The Morgan fingerprint density at radius 2 is 1.79 bits per heavy atom. The molecule has 1 heteroatoms. The Bertz CT molecular complexity index is 270. The van der Waals surface area contributed by atoms with Crippen LogP contribution in [0.25, 0.3) is 0 Å². The van der Waals surface area contributed by atoms with Gasteiger partial charge in [-0.1, -0.05) is 30.2 Å². The van der Waals surface area contributed by atoms with Gasteiger partial charge < -0.3 is 0 Å². The minimum absolute atomic E-state index is 0.296. The zero-order chi connectivity index (χ0) is 11.2.